The SMILES string of the molecule is CCC(CSC)NC(=O)C(=O)Nc1cc(C2CCCOC2)nn1C. The molecule has 24 heavy (non-hydrogen) atoms. The molecule has 2 N–H and O–H groups in total. The Hall–Kier alpha value is -1.54. The smallest absolute Gasteiger partial charge is 0.314 e. The number of nitrogens with zero attached hydrogens (tertiary/aromatic N) is 2. The van der Waals surface area contributed by atoms with Crippen LogP contribution in [0.2, 0.25) is 0 Å². The number of carbonyl (C=O) groups excluding carboxylic acids is 2. The molecule has 1 aromatic rings. The molecular formula is C16H26N4O3S. The van der Waals surface area contributed by atoms with Crippen molar-refractivity contribution >= 4 is 29.4 Å². The van der Waals surface area contributed by atoms with Gasteiger partial charge in [-0.1, -0.05) is 6.92 Å². The second-order valence-corrected chi connectivity index (χ2v) is 6.89. The first kappa shape index (κ1) is 18.8. The van der Waals surface area contributed by atoms with Gasteiger partial charge in [0.25, 0.3) is 0 Å². The molecule has 0 aliphatic carbocycles. The fraction of sp³-hybridized carbons (Fsp3) is 0.688. The predicted octanol–water partition coefficient (Wildman–Crippen LogP) is 1.51. The maximum atomic E-state index is 12.1. The molecule has 2 heterocycles. The number of amides is 2. The fourth-order valence-electron chi connectivity index (χ4n) is 2.67. The van der Waals surface area contributed by atoms with E-state index >= 15 is 0 Å². The predicted molar refractivity (Wildman–Crippen MR) is 95.2 cm³/mol. The van der Waals surface area contributed by atoms with Gasteiger partial charge in [0.15, 0.2) is 0 Å². The Morgan fingerprint density at radius 3 is 2.92 bits per heavy atom. The van der Waals surface area contributed by atoms with E-state index in [1.807, 2.05) is 19.2 Å². The van der Waals surface area contributed by atoms with Crippen LogP contribution in [0.5, 0.6) is 0 Å². The Balaban J connectivity index is 1.95. The van der Waals surface area contributed by atoms with Crippen molar-refractivity contribution in [1.29, 1.82) is 0 Å². The molecule has 0 saturated carbocycles. The normalized spacial score (nSPS) is 18.9. The summed E-state index contributed by atoms with van der Waals surface area (Å²) >= 11 is 1.64. The maximum Gasteiger partial charge on any atom is 0.314 e. The van der Waals surface area contributed by atoms with Crippen LogP contribution in [-0.4, -0.2) is 52.9 Å². The van der Waals surface area contributed by atoms with Gasteiger partial charge in [-0.05, 0) is 25.5 Å². The number of thioether (sulfide) groups is 1. The summed E-state index contributed by atoms with van der Waals surface area (Å²) in [6.45, 7) is 3.43. The highest BCUT2D eigenvalue weighted by Crippen LogP contribution is 2.26. The van der Waals surface area contributed by atoms with Crippen LogP contribution in [0.1, 0.15) is 37.8 Å². The molecule has 0 aromatic carbocycles. The lowest BCUT2D eigenvalue weighted by atomic mass is 9.99. The van der Waals surface area contributed by atoms with Crippen LogP contribution < -0.4 is 10.6 Å². The van der Waals surface area contributed by atoms with Crippen molar-refractivity contribution in [3.05, 3.63) is 11.8 Å². The third kappa shape index (κ3) is 4.98. The van der Waals surface area contributed by atoms with E-state index in [-0.39, 0.29) is 12.0 Å². The minimum absolute atomic E-state index is 0.000245. The zero-order chi connectivity index (χ0) is 17.5. The minimum Gasteiger partial charge on any atom is -0.381 e. The van der Waals surface area contributed by atoms with E-state index in [9.17, 15) is 9.59 Å². The van der Waals surface area contributed by atoms with Gasteiger partial charge in [0.05, 0.1) is 12.3 Å². The Bertz CT molecular complexity index is 570. The summed E-state index contributed by atoms with van der Waals surface area (Å²) in [7, 11) is 1.75. The van der Waals surface area contributed by atoms with Crippen LogP contribution in [0.3, 0.4) is 0 Å². The monoisotopic (exact) mass is 354 g/mol. The van der Waals surface area contributed by atoms with Crippen LogP contribution in [0.4, 0.5) is 5.82 Å². The molecular weight excluding hydrogens is 328 g/mol. The van der Waals surface area contributed by atoms with E-state index in [1.165, 1.54) is 0 Å². The molecule has 2 amide bonds. The molecule has 1 aromatic heterocycles. The van der Waals surface area contributed by atoms with Crippen LogP contribution in [0.25, 0.3) is 0 Å². The number of anilines is 1. The first-order chi connectivity index (χ1) is 11.5. The Labute approximate surface area is 146 Å². The van der Waals surface area contributed by atoms with E-state index in [2.05, 4.69) is 15.7 Å². The third-order valence-electron chi connectivity index (χ3n) is 4.12. The second-order valence-electron chi connectivity index (χ2n) is 5.98. The highest BCUT2D eigenvalue weighted by atomic mass is 32.2. The van der Waals surface area contributed by atoms with Gasteiger partial charge in [-0.3, -0.25) is 14.3 Å². The molecule has 0 spiro atoms. The Kier molecular flexibility index (Phi) is 7.11. The first-order valence-electron chi connectivity index (χ1n) is 8.27. The van der Waals surface area contributed by atoms with Crippen molar-refractivity contribution in [3.63, 3.8) is 0 Å². The molecule has 0 radical (unpaired) electrons. The zero-order valence-corrected chi connectivity index (χ0v) is 15.3. The molecule has 0 bridgehead atoms. The van der Waals surface area contributed by atoms with Crippen LogP contribution in [-0.2, 0) is 21.4 Å². The van der Waals surface area contributed by atoms with Gasteiger partial charge in [0.1, 0.15) is 5.82 Å². The van der Waals surface area contributed by atoms with Crippen molar-refractivity contribution < 1.29 is 14.3 Å². The molecule has 1 fully saturated rings. The third-order valence-corrected chi connectivity index (χ3v) is 4.86. The van der Waals surface area contributed by atoms with Crippen molar-refractivity contribution in [2.75, 3.05) is 30.5 Å². The van der Waals surface area contributed by atoms with Crippen LogP contribution in [0, 0.1) is 0 Å². The number of aromatic nitrogens is 2. The van der Waals surface area contributed by atoms with Crippen LogP contribution in [0.15, 0.2) is 6.07 Å². The Morgan fingerprint density at radius 2 is 2.29 bits per heavy atom. The van der Waals surface area contributed by atoms with E-state index in [4.69, 9.17) is 4.74 Å². The molecule has 1 aliphatic heterocycles. The van der Waals surface area contributed by atoms with E-state index in [0.717, 1.165) is 37.3 Å². The summed E-state index contributed by atoms with van der Waals surface area (Å²) < 4.78 is 7.07. The summed E-state index contributed by atoms with van der Waals surface area (Å²) in [5.74, 6) is 0.278. The average molecular weight is 354 g/mol. The van der Waals surface area contributed by atoms with E-state index in [0.29, 0.717) is 12.4 Å². The van der Waals surface area contributed by atoms with Gasteiger partial charge in [0, 0.05) is 37.4 Å². The quantitative estimate of drug-likeness (QED) is 0.757. The highest BCUT2D eigenvalue weighted by Gasteiger charge is 2.22. The number of rotatable bonds is 6. The van der Waals surface area contributed by atoms with Gasteiger partial charge < -0.3 is 15.4 Å². The van der Waals surface area contributed by atoms with Crippen molar-refractivity contribution in [3.8, 4) is 0 Å². The van der Waals surface area contributed by atoms with Gasteiger partial charge in [-0.25, -0.2) is 0 Å². The molecule has 7 nitrogen and oxygen atoms in total. The molecule has 1 aliphatic rings. The van der Waals surface area contributed by atoms with Gasteiger partial charge in [0.2, 0.25) is 0 Å². The van der Waals surface area contributed by atoms with E-state index < -0.39 is 11.8 Å². The van der Waals surface area contributed by atoms with Gasteiger partial charge in [-0.2, -0.15) is 16.9 Å². The van der Waals surface area contributed by atoms with Crippen LogP contribution >= 0.6 is 11.8 Å². The lowest BCUT2D eigenvalue weighted by Crippen LogP contribution is -2.42. The minimum atomic E-state index is -0.663. The molecule has 2 atom stereocenters. The lowest BCUT2D eigenvalue weighted by molar-refractivity contribution is -0.136. The van der Waals surface area contributed by atoms with Gasteiger partial charge in [-0.15, -0.1) is 0 Å². The average Bonchev–Trinajstić information content (AvgIpc) is 2.95. The second kappa shape index (κ2) is 9.08. The lowest BCUT2D eigenvalue weighted by Gasteiger charge is -2.19. The molecule has 8 heteroatoms. The van der Waals surface area contributed by atoms with E-state index in [1.54, 1.807) is 23.5 Å². The largest absolute Gasteiger partial charge is 0.381 e. The Morgan fingerprint density at radius 1 is 1.50 bits per heavy atom. The topological polar surface area (TPSA) is 85.2 Å². The summed E-state index contributed by atoms with van der Waals surface area (Å²) in [5, 5.41) is 9.84. The summed E-state index contributed by atoms with van der Waals surface area (Å²) in [6.07, 6.45) is 4.80. The molecule has 1 saturated heterocycles. The fourth-order valence-corrected chi connectivity index (χ4v) is 3.39. The molecule has 2 rings (SSSR count). The number of nitrogens with one attached hydrogen (secondary N) is 2. The van der Waals surface area contributed by atoms with Crippen molar-refractivity contribution in [1.82, 2.24) is 15.1 Å². The maximum absolute atomic E-state index is 12.1. The molecule has 2 unspecified atom stereocenters. The molecule has 134 valence electrons. The van der Waals surface area contributed by atoms with Gasteiger partial charge >= 0.3 is 11.8 Å². The number of hydrogen-bond donors (Lipinski definition) is 2. The number of hydrogen-bond acceptors (Lipinski definition) is 5. The standard InChI is InChI=1S/C16H26N4O3S/c1-4-12(10-24-3)17-15(21)16(22)18-14-8-13(19-20(14)2)11-6-5-7-23-9-11/h8,11-12H,4-7,9-10H2,1-3H3,(H,17,21)(H,18,22). The summed E-state index contributed by atoms with van der Waals surface area (Å²) in [4.78, 5) is 24.1. The van der Waals surface area contributed by atoms with Crippen molar-refractivity contribution in [2.24, 2.45) is 7.05 Å². The first-order valence-corrected chi connectivity index (χ1v) is 9.67. The van der Waals surface area contributed by atoms with Crippen molar-refractivity contribution in [2.45, 2.75) is 38.1 Å². The number of ether oxygens (including phenoxy) is 1. The summed E-state index contributed by atoms with van der Waals surface area (Å²) in [5.41, 5.74) is 0.890. The highest BCUT2D eigenvalue weighted by molar-refractivity contribution is 7.98. The summed E-state index contributed by atoms with van der Waals surface area (Å²) in [6, 6.07) is 1.82. The number of carbonyl (C=O) groups is 2. The zero-order valence-electron chi connectivity index (χ0n) is 14.5. The number of aryl methyl sites for hydroxylation is 1.